The van der Waals surface area contributed by atoms with E-state index in [1.165, 1.54) is 10.5 Å². The summed E-state index contributed by atoms with van der Waals surface area (Å²) < 4.78 is 11.6. The molecule has 0 aromatic heterocycles. The summed E-state index contributed by atoms with van der Waals surface area (Å²) in [4.78, 5) is 12.5. The van der Waals surface area contributed by atoms with Crippen LogP contribution < -0.4 is 4.74 Å². The van der Waals surface area contributed by atoms with E-state index in [0.29, 0.717) is 11.9 Å². The lowest BCUT2D eigenvalue weighted by atomic mass is 9.92. The number of thioether (sulfide) groups is 1. The Bertz CT molecular complexity index is 1080. The fourth-order valence-corrected chi connectivity index (χ4v) is 4.77. The summed E-state index contributed by atoms with van der Waals surface area (Å²) in [5, 5.41) is 9.75. The van der Waals surface area contributed by atoms with Crippen molar-refractivity contribution in [3.8, 4) is 16.9 Å². The van der Waals surface area contributed by atoms with Crippen molar-refractivity contribution >= 4 is 17.7 Å². The highest BCUT2D eigenvalue weighted by molar-refractivity contribution is 7.99. The van der Waals surface area contributed by atoms with E-state index in [1.54, 1.807) is 0 Å². The molecule has 0 radical (unpaired) electrons. The third-order valence-corrected chi connectivity index (χ3v) is 6.65. The molecule has 0 amide bonds. The fraction of sp³-hybridized carbons (Fsp3) is 0.296. The van der Waals surface area contributed by atoms with Crippen LogP contribution in [0.4, 0.5) is 0 Å². The summed E-state index contributed by atoms with van der Waals surface area (Å²) in [6.07, 6.45) is -0.121. The number of carboxylic acids is 1. The average Bonchev–Trinajstić information content (AvgIpc) is 3.42. The fourth-order valence-electron chi connectivity index (χ4n) is 3.94. The van der Waals surface area contributed by atoms with E-state index in [1.807, 2.05) is 43.0 Å². The third kappa shape index (κ3) is 5.17. The first kappa shape index (κ1) is 22.4. The minimum atomic E-state index is -0.858. The molecule has 3 aromatic rings. The van der Waals surface area contributed by atoms with Crippen LogP contribution in [0, 0.1) is 0 Å². The van der Waals surface area contributed by atoms with Crippen molar-refractivity contribution in [3.63, 3.8) is 0 Å². The van der Waals surface area contributed by atoms with Gasteiger partial charge >= 0.3 is 5.97 Å². The molecule has 0 saturated carbocycles. The maximum atomic E-state index is 11.2. The highest BCUT2D eigenvalue weighted by Gasteiger charge is 2.56. The number of hydrogen-bond acceptors (Lipinski definition) is 4. The van der Waals surface area contributed by atoms with E-state index in [4.69, 9.17) is 9.47 Å². The number of epoxide rings is 1. The third-order valence-electron chi connectivity index (χ3n) is 5.64. The van der Waals surface area contributed by atoms with Gasteiger partial charge in [0, 0.05) is 10.1 Å². The van der Waals surface area contributed by atoms with Gasteiger partial charge in [0.1, 0.15) is 18.0 Å². The van der Waals surface area contributed by atoms with Crippen LogP contribution in [0.15, 0.2) is 77.7 Å². The number of aliphatic carboxylic acids is 1. The molecule has 1 N–H and O–H groups in total. The molecule has 5 heteroatoms. The molecule has 4 rings (SSSR count). The van der Waals surface area contributed by atoms with Gasteiger partial charge in [-0.3, -0.25) is 4.79 Å². The number of carboxylic acid groups (broad SMARTS) is 1. The predicted octanol–water partition coefficient (Wildman–Crippen LogP) is 6.52. The quantitative estimate of drug-likeness (QED) is 0.298. The minimum Gasteiger partial charge on any atom is -0.489 e. The molecular formula is C27H28O4S. The Morgan fingerprint density at radius 3 is 2.34 bits per heavy atom. The lowest BCUT2D eigenvalue weighted by Crippen LogP contribution is -2.17. The number of benzene rings is 3. The smallest absolute Gasteiger partial charge is 0.306 e. The summed E-state index contributed by atoms with van der Waals surface area (Å²) in [6.45, 7) is 6.76. The van der Waals surface area contributed by atoms with Crippen LogP contribution >= 0.6 is 11.8 Å². The largest absolute Gasteiger partial charge is 0.489 e. The normalized spacial score (nSPS) is 19.7. The van der Waals surface area contributed by atoms with Crippen molar-refractivity contribution in [2.24, 2.45) is 0 Å². The second kappa shape index (κ2) is 9.39. The van der Waals surface area contributed by atoms with E-state index in [9.17, 15) is 9.90 Å². The van der Waals surface area contributed by atoms with Gasteiger partial charge in [-0.25, -0.2) is 0 Å². The first-order chi connectivity index (χ1) is 15.4. The lowest BCUT2D eigenvalue weighted by molar-refractivity contribution is -0.138. The zero-order chi connectivity index (χ0) is 22.7. The average molecular weight is 449 g/mol. The van der Waals surface area contributed by atoms with Gasteiger partial charge in [0.15, 0.2) is 0 Å². The Balaban J connectivity index is 1.40. The van der Waals surface area contributed by atoms with Gasteiger partial charge < -0.3 is 14.6 Å². The molecule has 4 nitrogen and oxygen atoms in total. The Hall–Kier alpha value is -2.76. The first-order valence-electron chi connectivity index (χ1n) is 10.8. The molecule has 2 unspecified atom stereocenters. The van der Waals surface area contributed by atoms with Crippen LogP contribution in [0.25, 0.3) is 11.1 Å². The Labute approximate surface area is 193 Å². The molecular weight excluding hydrogens is 420 g/mol. The molecule has 166 valence electrons. The van der Waals surface area contributed by atoms with E-state index in [0.717, 1.165) is 22.4 Å². The molecule has 3 aromatic carbocycles. The maximum absolute atomic E-state index is 11.2. The molecule has 1 heterocycles. The van der Waals surface area contributed by atoms with Gasteiger partial charge in [-0.2, -0.15) is 0 Å². The van der Waals surface area contributed by atoms with E-state index in [-0.39, 0.29) is 12.5 Å². The number of hydrogen-bond donors (Lipinski definition) is 1. The van der Waals surface area contributed by atoms with Crippen molar-refractivity contribution in [3.05, 3.63) is 83.9 Å². The van der Waals surface area contributed by atoms with Crippen LogP contribution in [-0.4, -0.2) is 22.4 Å². The van der Waals surface area contributed by atoms with Crippen LogP contribution in [0.5, 0.6) is 5.75 Å². The molecule has 1 fully saturated rings. The van der Waals surface area contributed by atoms with E-state index in [2.05, 4.69) is 62.4 Å². The topological polar surface area (TPSA) is 59.1 Å². The van der Waals surface area contributed by atoms with Crippen molar-refractivity contribution in [2.45, 2.75) is 55.6 Å². The molecule has 1 saturated heterocycles. The van der Waals surface area contributed by atoms with Crippen molar-refractivity contribution < 1.29 is 19.4 Å². The molecule has 2 atom stereocenters. The monoisotopic (exact) mass is 448 g/mol. The summed E-state index contributed by atoms with van der Waals surface area (Å²) in [5.41, 5.74) is 3.61. The SMILES string of the molecule is CC(C)Sc1ccc(-c2cccc(COc3ccc(C4(CC(=O)O)OC4C)cc3)c2)cc1. The van der Waals surface area contributed by atoms with Crippen LogP contribution in [0.3, 0.4) is 0 Å². The summed E-state index contributed by atoms with van der Waals surface area (Å²) in [7, 11) is 0. The van der Waals surface area contributed by atoms with Gasteiger partial charge in [0.05, 0.1) is 12.5 Å². The van der Waals surface area contributed by atoms with Crippen LogP contribution in [-0.2, 0) is 21.7 Å². The lowest BCUT2D eigenvalue weighted by Gasteiger charge is -2.12. The van der Waals surface area contributed by atoms with E-state index < -0.39 is 11.6 Å². The number of ether oxygens (including phenoxy) is 2. The van der Waals surface area contributed by atoms with Crippen molar-refractivity contribution in [2.75, 3.05) is 0 Å². The molecule has 0 aliphatic carbocycles. The Morgan fingerprint density at radius 2 is 1.75 bits per heavy atom. The van der Waals surface area contributed by atoms with Gasteiger partial charge in [0.2, 0.25) is 0 Å². The second-order valence-electron chi connectivity index (χ2n) is 8.42. The number of rotatable bonds is 9. The minimum absolute atomic E-state index is 0.0295. The zero-order valence-corrected chi connectivity index (χ0v) is 19.4. The van der Waals surface area contributed by atoms with Gasteiger partial charge in [-0.1, -0.05) is 56.3 Å². The van der Waals surface area contributed by atoms with Crippen molar-refractivity contribution in [1.82, 2.24) is 0 Å². The molecule has 1 aliphatic rings. The van der Waals surface area contributed by atoms with Crippen LogP contribution in [0.2, 0.25) is 0 Å². The molecule has 32 heavy (non-hydrogen) atoms. The standard InChI is InChI=1S/C27H28O4S/c1-18(2)32-25-13-7-21(8-14-25)22-6-4-5-20(15-22)17-30-24-11-9-23(10-12-24)27(16-26(28)29)19(3)31-27/h4-15,18-19H,16-17H2,1-3H3,(H,28,29). The Morgan fingerprint density at radius 1 is 1.06 bits per heavy atom. The zero-order valence-electron chi connectivity index (χ0n) is 18.6. The predicted molar refractivity (Wildman–Crippen MR) is 128 cm³/mol. The highest BCUT2D eigenvalue weighted by atomic mass is 32.2. The van der Waals surface area contributed by atoms with E-state index >= 15 is 0 Å². The highest BCUT2D eigenvalue weighted by Crippen LogP contribution is 2.49. The summed E-state index contributed by atoms with van der Waals surface area (Å²) in [6, 6.07) is 24.6. The Kier molecular flexibility index (Phi) is 6.58. The van der Waals surface area contributed by atoms with Crippen molar-refractivity contribution in [1.29, 1.82) is 0 Å². The summed E-state index contributed by atoms with van der Waals surface area (Å²) >= 11 is 1.86. The molecule has 0 bridgehead atoms. The first-order valence-corrected chi connectivity index (χ1v) is 11.7. The van der Waals surface area contributed by atoms with Gasteiger partial charge in [0.25, 0.3) is 0 Å². The molecule has 1 aliphatic heterocycles. The second-order valence-corrected chi connectivity index (χ2v) is 10.1. The maximum Gasteiger partial charge on any atom is 0.306 e. The summed E-state index contributed by atoms with van der Waals surface area (Å²) in [5.74, 6) is -0.115. The van der Waals surface area contributed by atoms with Gasteiger partial charge in [-0.15, -0.1) is 11.8 Å². The van der Waals surface area contributed by atoms with Gasteiger partial charge in [-0.05, 0) is 59.5 Å². The molecule has 0 spiro atoms. The number of carbonyl (C=O) groups is 1. The van der Waals surface area contributed by atoms with Crippen LogP contribution in [0.1, 0.15) is 38.3 Å².